The maximum atomic E-state index is 13.0. The smallest absolute Gasteiger partial charge is 0.380 e. The molecule has 1 heterocycles. The SMILES string of the molecule is Cc1ccc(C(F)(F)F)cc1-c1ccc(C(=O)N2CCN(C(=O)C3(O)CC3)CC2)cc1. The fraction of sp³-hybridized carbons (Fsp3) is 0.391. The van der Waals surface area contributed by atoms with Gasteiger partial charge in [0.05, 0.1) is 5.56 Å². The second kappa shape index (κ2) is 7.67. The molecule has 0 aromatic heterocycles. The number of rotatable bonds is 3. The van der Waals surface area contributed by atoms with Crippen molar-refractivity contribution >= 4 is 11.8 Å². The number of alkyl halides is 3. The van der Waals surface area contributed by atoms with Gasteiger partial charge in [-0.15, -0.1) is 0 Å². The summed E-state index contributed by atoms with van der Waals surface area (Å²) in [5.41, 5.74) is 0.312. The number of benzene rings is 2. The van der Waals surface area contributed by atoms with Gasteiger partial charge in [0.2, 0.25) is 0 Å². The monoisotopic (exact) mass is 432 g/mol. The first-order valence-corrected chi connectivity index (χ1v) is 10.2. The number of carbonyl (C=O) groups excluding carboxylic acids is 2. The molecule has 0 spiro atoms. The van der Waals surface area contributed by atoms with Crippen molar-refractivity contribution in [2.45, 2.75) is 31.5 Å². The van der Waals surface area contributed by atoms with E-state index in [0.717, 1.165) is 12.1 Å². The third-order valence-electron chi connectivity index (χ3n) is 5.98. The van der Waals surface area contributed by atoms with Gasteiger partial charge in [0.1, 0.15) is 5.60 Å². The Morgan fingerprint density at radius 2 is 1.52 bits per heavy atom. The molecule has 2 aromatic rings. The third-order valence-corrected chi connectivity index (χ3v) is 5.98. The van der Waals surface area contributed by atoms with Gasteiger partial charge >= 0.3 is 6.18 Å². The zero-order chi connectivity index (χ0) is 22.4. The fourth-order valence-corrected chi connectivity index (χ4v) is 3.82. The van der Waals surface area contributed by atoms with E-state index >= 15 is 0 Å². The summed E-state index contributed by atoms with van der Waals surface area (Å²) in [6.45, 7) is 3.22. The molecule has 5 nitrogen and oxygen atoms in total. The molecule has 1 aliphatic heterocycles. The van der Waals surface area contributed by atoms with E-state index in [0.29, 0.717) is 61.3 Å². The molecule has 2 aromatic carbocycles. The number of aryl methyl sites for hydroxylation is 1. The van der Waals surface area contributed by atoms with E-state index in [1.54, 1.807) is 41.0 Å². The van der Waals surface area contributed by atoms with Gasteiger partial charge in [-0.1, -0.05) is 18.2 Å². The van der Waals surface area contributed by atoms with E-state index < -0.39 is 17.3 Å². The van der Waals surface area contributed by atoms with Gasteiger partial charge in [0.15, 0.2) is 0 Å². The summed E-state index contributed by atoms with van der Waals surface area (Å²) in [5, 5.41) is 9.97. The van der Waals surface area contributed by atoms with Crippen molar-refractivity contribution in [2.75, 3.05) is 26.2 Å². The van der Waals surface area contributed by atoms with Crippen molar-refractivity contribution in [3.8, 4) is 11.1 Å². The largest absolute Gasteiger partial charge is 0.416 e. The van der Waals surface area contributed by atoms with Crippen LogP contribution in [0.3, 0.4) is 0 Å². The van der Waals surface area contributed by atoms with Crippen LogP contribution in [0.1, 0.15) is 34.3 Å². The van der Waals surface area contributed by atoms with Crippen molar-refractivity contribution < 1.29 is 27.9 Å². The van der Waals surface area contributed by atoms with Crippen molar-refractivity contribution in [1.82, 2.24) is 9.80 Å². The molecule has 2 amide bonds. The molecule has 0 atom stereocenters. The lowest BCUT2D eigenvalue weighted by Crippen LogP contribution is -2.53. The number of nitrogens with zero attached hydrogens (tertiary/aromatic N) is 2. The lowest BCUT2D eigenvalue weighted by Gasteiger charge is -2.35. The quantitative estimate of drug-likeness (QED) is 0.808. The Morgan fingerprint density at radius 3 is 2.06 bits per heavy atom. The van der Waals surface area contributed by atoms with Crippen molar-refractivity contribution in [1.29, 1.82) is 0 Å². The number of hydrogen-bond donors (Lipinski definition) is 1. The number of aliphatic hydroxyl groups is 1. The number of amides is 2. The summed E-state index contributed by atoms with van der Waals surface area (Å²) in [6.07, 6.45) is -3.44. The Labute approximate surface area is 178 Å². The Kier molecular flexibility index (Phi) is 5.29. The summed E-state index contributed by atoms with van der Waals surface area (Å²) < 4.78 is 39.1. The summed E-state index contributed by atoms with van der Waals surface area (Å²) >= 11 is 0. The number of piperazine rings is 1. The van der Waals surface area contributed by atoms with Crippen LogP contribution in [-0.2, 0) is 11.0 Å². The topological polar surface area (TPSA) is 60.9 Å². The average molecular weight is 432 g/mol. The van der Waals surface area contributed by atoms with E-state index in [4.69, 9.17) is 0 Å². The Bertz CT molecular complexity index is 1010. The molecule has 164 valence electrons. The number of halogens is 3. The van der Waals surface area contributed by atoms with E-state index in [1.165, 1.54) is 6.07 Å². The molecule has 0 bridgehead atoms. The van der Waals surface area contributed by atoms with Gasteiger partial charge in [-0.25, -0.2) is 0 Å². The van der Waals surface area contributed by atoms with E-state index in [1.807, 2.05) is 0 Å². The van der Waals surface area contributed by atoms with Crippen LogP contribution in [0.25, 0.3) is 11.1 Å². The molecule has 4 rings (SSSR count). The predicted molar refractivity (Wildman–Crippen MR) is 108 cm³/mol. The molecule has 1 aliphatic carbocycles. The van der Waals surface area contributed by atoms with E-state index in [9.17, 15) is 27.9 Å². The standard InChI is InChI=1S/C23H23F3N2O3/c1-15-2-7-18(23(24,25)26)14-19(15)16-3-5-17(6-4-16)20(29)27-10-12-28(13-11-27)21(30)22(31)8-9-22/h2-7,14,31H,8-13H2,1H3. The minimum absolute atomic E-state index is 0.190. The molecular formula is C23H23F3N2O3. The van der Waals surface area contributed by atoms with Crippen LogP contribution < -0.4 is 0 Å². The zero-order valence-electron chi connectivity index (χ0n) is 17.1. The van der Waals surface area contributed by atoms with Crippen molar-refractivity contribution in [3.05, 3.63) is 59.2 Å². The van der Waals surface area contributed by atoms with Gasteiger partial charge in [0.25, 0.3) is 11.8 Å². The van der Waals surface area contributed by atoms with Crippen LogP contribution in [0.4, 0.5) is 13.2 Å². The summed E-state index contributed by atoms with van der Waals surface area (Å²) in [7, 11) is 0. The molecule has 1 saturated heterocycles. The molecule has 2 fully saturated rings. The lowest BCUT2D eigenvalue weighted by atomic mass is 9.97. The van der Waals surface area contributed by atoms with Crippen molar-refractivity contribution in [2.24, 2.45) is 0 Å². The zero-order valence-corrected chi connectivity index (χ0v) is 17.1. The van der Waals surface area contributed by atoms with E-state index in [-0.39, 0.29) is 11.8 Å². The van der Waals surface area contributed by atoms with Gasteiger partial charge in [-0.3, -0.25) is 9.59 Å². The number of hydrogen-bond acceptors (Lipinski definition) is 3. The highest BCUT2D eigenvalue weighted by Crippen LogP contribution is 2.37. The Balaban J connectivity index is 1.44. The molecule has 0 radical (unpaired) electrons. The highest BCUT2D eigenvalue weighted by molar-refractivity contribution is 5.95. The highest BCUT2D eigenvalue weighted by atomic mass is 19.4. The van der Waals surface area contributed by atoms with Gasteiger partial charge in [-0.05, 0) is 60.7 Å². The normalized spacial score (nSPS) is 18.1. The molecule has 1 N–H and O–H groups in total. The van der Waals surface area contributed by atoms with Gasteiger partial charge in [-0.2, -0.15) is 13.2 Å². The van der Waals surface area contributed by atoms with Crippen molar-refractivity contribution in [3.63, 3.8) is 0 Å². The summed E-state index contributed by atoms with van der Waals surface area (Å²) in [6, 6.07) is 10.1. The summed E-state index contributed by atoms with van der Waals surface area (Å²) in [4.78, 5) is 28.3. The maximum absolute atomic E-state index is 13.0. The van der Waals surface area contributed by atoms with Crippen LogP contribution in [0, 0.1) is 6.92 Å². The van der Waals surface area contributed by atoms with Crippen LogP contribution in [-0.4, -0.2) is 58.5 Å². The first-order valence-electron chi connectivity index (χ1n) is 10.2. The van der Waals surface area contributed by atoms with Crippen LogP contribution >= 0.6 is 0 Å². The van der Waals surface area contributed by atoms with Crippen LogP contribution in [0.2, 0.25) is 0 Å². The second-order valence-electron chi connectivity index (χ2n) is 8.22. The fourth-order valence-electron chi connectivity index (χ4n) is 3.82. The maximum Gasteiger partial charge on any atom is 0.416 e. The van der Waals surface area contributed by atoms with Crippen LogP contribution in [0.5, 0.6) is 0 Å². The predicted octanol–water partition coefficient (Wildman–Crippen LogP) is 3.49. The summed E-state index contributed by atoms with van der Waals surface area (Å²) in [5.74, 6) is -0.454. The van der Waals surface area contributed by atoms with E-state index in [2.05, 4.69) is 0 Å². The minimum Gasteiger partial charge on any atom is -0.380 e. The molecule has 8 heteroatoms. The first kappa shape index (κ1) is 21.4. The molecule has 0 unspecified atom stereocenters. The minimum atomic E-state index is -4.42. The van der Waals surface area contributed by atoms with Crippen LogP contribution in [0.15, 0.2) is 42.5 Å². The first-order chi connectivity index (χ1) is 14.6. The Hall–Kier alpha value is -2.87. The molecule has 31 heavy (non-hydrogen) atoms. The highest BCUT2D eigenvalue weighted by Gasteiger charge is 2.50. The lowest BCUT2D eigenvalue weighted by molar-refractivity contribution is -0.144. The number of carbonyl (C=O) groups is 2. The van der Waals surface area contributed by atoms with Gasteiger partial charge in [0, 0.05) is 31.7 Å². The molecular weight excluding hydrogens is 409 g/mol. The third kappa shape index (κ3) is 4.30. The second-order valence-corrected chi connectivity index (χ2v) is 8.22. The molecule has 2 aliphatic rings. The van der Waals surface area contributed by atoms with Gasteiger partial charge < -0.3 is 14.9 Å². The average Bonchev–Trinajstić information content (AvgIpc) is 3.51. The Morgan fingerprint density at radius 1 is 0.935 bits per heavy atom. The molecule has 1 saturated carbocycles.